The van der Waals surface area contributed by atoms with E-state index in [-0.39, 0.29) is 6.04 Å². The highest BCUT2D eigenvalue weighted by atomic mass is 32.2. The largest absolute Gasteiger partial charge is 0.385 e. The molecule has 6 heteroatoms. The second-order valence-electron chi connectivity index (χ2n) is 5.05. The van der Waals surface area contributed by atoms with Crippen LogP contribution in [-0.4, -0.2) is 28.2 Å². The maximum atomic E-state index is 12.4. The second kappa shape index (κ2) is 7.17. The molecule has 0 amide bonds. The molecule has 0 heterocycles. The summed E-state index contributed by atoms with van der Waals surface area (Å²) in [5, 5.41) is 0. The van der Waals surface area contributed by atoms with Crippen molar-refractivity contribution in [1.29, 1.82) is 0 Å². The van der Waals surface area contributed by atoms with E-state index in [1.807, 2.05) is 19.9 Å². The maximum absolute atomic E-state index is 12.4. The van der Waals surface area contributed by atoms with Crippen molar-refractivity contribution in [3.05, 3.63) is 28.8 Å². The van der Waals surface area contributed by atoms with Gasteiger partial charge in [-0.2, -0.15) is 0 Å². The lowest BCUT2D eigenvalue weighted by molar-refractivity contribution is 0.188. The summed E-state index contributed by atoms with van der Waals surface area (Å²) in [6, 6.07) is 3.34. The molecule has 0 aliphatic rings. The van der Waals surface area contributed by atoms with Gasteiger partial charge in [0.15, 0.2) is 0 Å². The first-order chi connectivity index (χ1) is 9.31. The summed E-state index contributed by atoms with van der Waals surface area (Å²) in [4.78, 5) is 0.299. The van der Waals surface area contributed by atoms with Gasteiger partial charge in [-0.3, -0.25) is 0 Å². The summed E-state index contributed by atoms with van der Waals surface area (Å²) in [6.45, 7) is 6.39. The Morgan fingerprint density at radius 3 is 2.50 bits per heavy atom. The predicted octanol–water partition coefficient (Wildman–Crippen LogP) is 1.47. The third kappa shape index (κ3) is 4.28. The zero-order chi connectivity index (χ0) is 15.3. The smallest absolute Gasteiger partial charge is 0.241 e. The Morgan fingerprint density at radius 2 is 1.95 bits per heavy atom. The van der Waals surface area contributed by atoms with E-state index in [0.717, 1.165) is 16.7 Å². The van der Waals surface area contributed by atoms with Gasteiger partial charge < -0.3 is 10.5 Å². The van der Waals surface area contributed by atoms with Gasteiger partial charge in [0.2, 0.25) is 10.0 Å². The number of methoxy groups -OCH3 is 1. The minimum Gasteiger partial charge on any atom is -0.385 e. The van der Waals surface area contributed by atoms with Crippen molar-refractivity contribution in [2.75, 3.05) is 13.7 Å². The number of hydrogen-bond acceptors (Lipinski definition) is 4. The average Bonchev–Trinajstić information content (AvgIpc) is 2.35. The van der Waals surface area contributed by atoms with Gasteiger partial charge in [0.25, 0.3) is 0 Å². The van der Waals surface area contributed by atoms with Crippen LogP contribution in [0, 0.1) is 13.8 Å². The van der Waals surface area contributed by atoms with Crippen molar-refractivity contribution in [1.82, 2.24) is 4.72 Å². The van der Waals surface area contributed by atoms with Crippen molar-refractivity contribution >= 4 is 10.0 Å². The van der Waals surface area contributed by atoms with Crippen molar-refractivity contribution < 1.29 is 13.2 Å². The molecule has 0 saturated carbocycles. The monoisotopic (exact) mass is 300 g/mol. The van der Waals surface area contributed by atoms with Crippen molar-refractivity contribution in [3.63, 3.8) is 0 Å². The predicted molar refractivity (Wildman–Crippen MR) is 80.1 cm³/mol. The number of hydrogen-bond donors (Lipinski definition) is 2. The standard InChI is InChI=1S/C14H24N2O3S/c1-10-7-11(2)14(8-13(10)9-15)20(17,18)16-12(3)5-6-19-4/h7-8,12,16H,5-6,9,15H2,1-4H3. The summed E-state index contributed by atoms with van der Waals surface area (Å²) < 4.78 is 32.5. The molecule has 0 radical (unpaired) electrons. The zero-order valence-corrected chi connectivity index (χ0v) is 13.4. The van der Waals surface area contributed by atoms with Crippen LogP contribution in [0.5, 0.6) is 0 Å². The molecule has 1 unspecified atom stereocenters. The highest BCUT2D eigenvalue weighted by Crippen LogP contribution is 2.20. The number of rotatable bonds is 7. The average molecular weight is 300 g/mol. The van der Waals surface area contributed by atoms with Gasteiger partial charge in [-0.25, -0.2) is 13.1 Å². The van der Waals surface area contributed by atoms with Gasteiger partial charge in [0.05, 0.1) is 4.90 Å². The Bertz CT molecular complexity index is 556. The van der Waals surface area contributed by atoms with Crippen LogP contribution in [0.3, 0.4) is 0 Å². The molecule has 1 aromatic rings. The first kappa shape index (κ1) is 17.1. The van der Waals surface area contributed by atoms with Crippen LogP contribution in [0.15, 0.2) is 17.0 Å². The third-order valence-corrected chi connectivity index (χ3v) is 4.99. The molecule has 5 nitrogen and oxygen atoms in total. The summed E-state index contributed by atoms with van der Waals surface area (Å²) in [7, 11) is -1.93. The highest BCUT2D eigenvalue weighted by Gasteiger charge is 2.20. The SMILES string of the molecule is COCCC(C)NS(=O)(=O)c1cc(CN)c(C)cc1C. The Labute approximate surface area is 121 Å². The molecule has 1 aromatic carbocycles. The van der Waals surface area contributed by atoms with Crippen LogP contribution >= 0.6 is 0 Å². The van der Waals surface area contributed by atoms with Crippen LogP contribution in [0.4, 0.5) is 0 Å². The molecule has 20 heavy (non-hydrogen) atoms. The van der Waals surface area contributed by atoms with E-state index in [9.17, 15) is 8.42 Å². The lowest BCUT2D eigenvalue weighted by Crippen LogP contribution is -2.34. The zero-order valence-electron chi connectivity index (χ0n) is 12.6. The van der Waals surface area contributed by atoms with E-state index < -0.39 is 10.0 Å². The van der Waals surface area contributed by atoms with E-state index in [4.69, 9.17) is 10.5 Å². The Morgan fingerprint density at radius 1 is 1.30 bits per heavy atom. The molecule has 0 fully saturated rings. The van der Waals surface area contributed by atoms with E-state index in [0.29, 0.717) is 24.5 Å². The van der Waals surface area contributed by atoms with Crippen molar-refractivity contribution in [2.45, 2.75) is 44.7 Å². The first-order valence-electron chi connectivity index (χ1n) is 6.63. The van der Waals surface area contributed by atoms with Crippen LogP contribution in [0.2, 0.25) is 0 Å². The molecule has 0 aliphatic heterocycles. The fourth-order valence-electron chi connectivity index (χ4n) is 2.07. The van der Waals surface area contributed by atoms with Gasteiger partial charge in [-0.1, -0.05) is 6.07 Å². The fourth-order valence-corrected chi connectivity index (χ4v) is 3.62. The molecule has 0 aliphatic carbocycles. The second-order valence-corrected chi connectivity index (χ2v) is 6.73. The van der Waals surface area contributed by atoms with E-state index >= 15 is 0 Å². The minimum absolute atomic E-state index is 0.179. The molecule has 0 bridgehead atoms. The van der Waals surface area contributed by atoms with E-state index in [1.165, 1.54) is 0 Å². The summed E-state index contributed by atoms with van der Waals surface area (Å²) in [5.74, 6) is 0. The topological polar surface area (TPSA) is 81.4 Å². The number of aryl methyl sites for hydroxylation is 2. The van der Waals surface area contributed by atoms with Crippen LogP contribution < -0.4 is 10.5 Å². The van der Waals surface area contributed by atoms with Gasteiger partial charge in [0.1, 0.15) is 0 Å². The highest BCUT2D eigenvalue weighted by molar-refractivity contribution is 7.89. The van der Waals surface area contributed by atoms with Crippen LogP contribution in [0.1, 0.15) is 30.0 Å². The van der Waals surface area contributed by atoms with Gasteiger partial charge in [-0.05, 0) is 49.9 Å². The van der Waals surface area contributed by atoms with Crippen molar-refractivity contribution in [2.24, 2.45) is 5.73 Å². The molecule has 114 valence electrons. The Balaban J connectivity index is 3.03. The van der Waals surface area contributed by atoms with Crippen LogP contribution in [-0.2, 0) is 21.3 Å². The molecule has 0 saturated heterocycles. The number of nitrogens with one attached hydrogen (secondary N) is 1. The van der Waals surface area contributed by atoms with E-state index in [2.05, 4.69) is 4.72 Å². The lowest BCUT2D eigenvalue weighted by Gasteiger charge is -2.16. The van der Waals surface area contributed by atoms with E-state index in [1.54, 1.807) is 20.1 Å². The normalized spacial score (nSPS) is 13.4. The molecule has 1 rings (SSSR count). The molecule has 0 spiro atoms. The van der Waals surface area contributed by atoms with Gasteiger partial charge in [0, 0.05) is 26.3 Å². The number of ether oxygens (including phenoxy) is 1. The van der Waals surface area contributed by atoms with Gasteiger partial charge >= 0.3 is 0 Å². The fraction of sp³-hybridized carbons (Fsp3) is 0.571. The third-order valence-electron chi connectivity index (χ3n) is 3.25. The maximum Gasteiger partial charge on any atom is 0.241 e. The quantitative estimate of drug-likeness (QED) is 0.799. The summed E-state index contributed by atoms with van der Waals surface area (Å²) in [5.41, 5.74) is 8.23. The lowest BCUT2D eigenvalue weighted by atomic mass is 10.1. The molecular formula is C14H24N2O3S. The van der Waals surface area contributed by atoms with Crippen molar-refractivity contribution in [3.8, 4) is 0 Å². The number of sulfonamides is 1. The summed E-state index contributed by atoms with van der Waals surface area (Å²) in [6.07, 6.45) is 0.629. The Hall–Kier alpha value is -0.950. The Kier molecular flexibility index (Phi) is 6.13. The van der Waals surface area contributed by atoms with Gasteiger partial charge in [-0.15, -0.1) is 0 Å². The molecule has 1 atom stereocenters. The number of nitrogens with two attached hydrogens (primary N) is 1. The summed E-state index contributed by atoms with van der Waals surface area (Å²) >= 11 is 0. The first-order valence-corrected chi connectivity index (χ1v) is 8.11. The molecule has 0 aromatic heterocycles. The molecule has 3 N–H and O–H groups in total. The van der Waals surface area contributed by atoms with Crippen LogP contribution in [0.25, 0.3) is 0 Å². The molecular weight excluding hydrogens is 276 g/mol. The number of benzene rings is 1. The minimum atomic E-state index is -3.53.